The van der Waals surface area contributed by atoms with E-state index in [-0.39, 0.29) is 30.1 Å². The molecule has 10 heteroatoms. The molecule has 7 nitrogen and oxygen atoms in total. The fourth-order valence-electron chi connectivity index (χ4n) is 7.11. The molecule has 0 radical (unpaired) electrons. The van der Waals surface area contributed by atoms with Crippen LogP contribution in [0.4, 0.5) is 0 Å². The van der Waals surface area contributed by atoms with Crippen molar-refractivity contribution in [3.63, 3.8) is 0 Å². The molecule has 1 saturated heterocycles. The molecule has 41 heavy (non-hydrogen) atoms. The van der Waals surface area contributed by atoms with Gasteiger partial charge in [0, 0.05) is 27.9 Å². The summed E-state index contributed by atoms with van der Waals surface area (Å²) in [7, 11) is -3.65. The van der Waals surface area contributed by atoms with Gasteiger partial charge in [0.25, 0.3) is 0 Å². The van der Waals surface area contributed by atoms with Gasteiger partial charge in [0.15, 0.2) is 0 Å². The van der Waals surface area contributed by atoms with Crippen LogP contribution in [0, 0.1) is 17.3 Å². The van der Waals surface area contributed by atoms with Crippen LogP contribution in [-0.4, -0.2) is 36.7 Å². The summed E-state index contributed by atoms with van der Waals surface area (Å²) in [5, 5.41) is 13.7. The smallest absolute Gasteiger partial charge is 0.304 e. The van der Waals surface area contributed by atoms with Crippen molar-refractivity contribution in [1.29, 1.82) is 0 Å². The third kappa shape index (κ3) is 6.61. The lowest BCUT2D eigenvalue weighted by Crippen LogP contribution is -2.59. The maximum absolute atomic E-state index is 13.8. The number of amides is 1. The van der Waals surface area contributed by atoms with Crippen molar-refractivity contribution in [3.8, 4) is 0 Å². The van der Waals surface area contributed by atoms with E-state index in [1.165, 1.54) is 0 Å². The Morgan fingerprint density at radius 2 is 1.76 bits per heavy atom. The van der Waals surface area contributed by atoms with Crippen molar-refractivity contribution in [3.05, 3.63) is 69.7 Å². The minimum atomic E-state index is -3.65. The molecule has 2 aromatic rings. The first-order valence-electron chi connectivity index (χ1n) is 14.6. The highest BCUT2D eigenvalue weighted by atomic mass is 35.5. The van der Waals surface area contributed by atoms with E-state index < -0.39 is 38.7 Å². The van der Waals surface area contributed by atoms with Gasteiger partial charge in [0.2, 0.25) is 15.9 Å². The molecular formula is C31H38Cl2N2O5S. The summed E-state index contributed by atoms with van der Waals surface area (Å²) >= 11 is 12.7. The Labute approximate surface area is 252 Å². The Kier molecular flexibility index (Phi) is 9.05. The number of hydrogen-bond donors (Lipinski definition) is 3. The predicted molar refractivity (Wildman–Crippen MR) is 160 cm³/mol. The zero-order chi connectivity index (χ0) is 29.4. The van der Waals surface area contributed by atoms with Gasteiger partial charge in [0.05, 0.1) is 23.1 Å². The second-order valence-electron chi connectivity index (χ2n) is 12.1. The maximum Gasteiger partial charge on any atom is 0.304 e. The number of halogens is 2. The molecule has 1 amide bonds. The van der Waals surface area contributed by atoms with Crippen LogP contribution in [0.5, 0.6) is 0 Å². The van der Waals surface area contributed by atoms with Gasteiger partial charge in [0.1, 0.15) is 0 Å². The first kappa shape index (κ1) is 30.3. The lowest BCUT2D eigenvalue weighted by Gasteiger charge is -2.48. The Morgan fingerprint density at radius 1 is 1.07 bits per heavy atom. The fraction of sp³-hybridized carbons (Fsp3) is 0.548. The molecule has 5 atom stereocenters. The molecular weight excluding hydrogens is 583 g/mol. The molecule has 0 aromatic heterocycles. The molecule has 3 aliphatic rings. The van der Waals surface area contributed by atoms with Crippen LogP contribution < -0.4 is 10.0 Å². The lowest BCUT2D eigenvalue weighted by molar-refractivity contribution is -0.149. The van der Waals surface area contributed by atoms with E-state index in [1.54, 1.807) is 18.2 Å². The summed E-state index contributed by atoms with van der Waals surface area (Å²) in [5.74, 6) is -1.65. The molecule has 2 saturated carbocycles. The standard InChI is InChI=1S/C31H38Cl2N2O5S/c1-2-31(18-26(36)37)17-25(21-6-5-7-23(33)16-21)29(34-30(31)38)27(19-10-11-19)28(20-12-14-22(32)15-13-20)35-41(39,40)24-8-3-4-9-24/h5-7,12-16,19,24-25,27-29,35H,2-4,8-11,17-18H2,1H3,(H,34,38)(H,36,37)/t25-,27?,28-,29+,31+/m1/s1. The van der Waals surface area contributed by atoms with Crippen molar-refractivity contribution < 1.29 is 23.1 Å². The van der Waals surface area contributed by atoms with E-state index in [9.17, 15) is 23.1 Å². The summed E-state index contributed by atoms with van der Waals surface area (Å²) in [6, 6.07) is 13.7. The van der Waals surface area contributed by atoms with E-state index in [0.717, 1.165) is 36.8 Å². The van der Waals surface area contributed by atoms with Gasteiger partial charge in [-0.05, 0) is 79.8 Å². The van der Waals surface area contributed by atoms with E-state index in [1.807, 2.05) is 37.3 Å². The fourth-order valence-corrected chi connectivity index (χ4v) is 9.23. The van der Waals surface area contributed by atoms with Crippen LogP contribution >= 0.6 is 23.2 Å². The minimum Gasteiger partial charge on any atom is -0.481 e. The van der Waals surface area contributed by atoms with Crippen molar-refractivity contribution in [2.45, 2.75) is 88.0 Å². The molecule has 3 fully saturated rings. The summed E-state index contributed by atoms with van der Waals surface area (Å²) < 4.78 is 30.6. The van der Waals surface area contributed by atoms with Gasteiger partial charge in [-0.1, -0.05) is 67.2 Å². The number of carboxylic acid groups (broad SMARTS) is 1. The highest BCUT2D eigenvalue weighted by Gasteiger charge is 2.54. The number of hydrogen-bond acceptors (Lipinski definition) is 4. The molecule has 1 unspecified atom stereocenters. The van der Waals surface area contributed by atoms with Crippen LogP contribution in [0.2, 0.25) is 10.0 Å². The molecule has 0 bridgehead atoms. The van der Waals surface area contributed by atoms with E-state index in [0.29, 0.717) is 35.7 Å². The third-order valence-corrected chi connectivity index (χ3v) is 11.9. The zero-order valence-corrected chi connectivity index (χ0v) is 25.5. The van der Waals surface area contributed by atoms with Crippen molar-refractivity contribution in [2.24, 2.45) is 17.3 Å². The number of aliphatic carboxylic acids is 1. The number of rotatable bonds is 11. The number of sulfonamides is 1. The zero-order valence-electron chi connectivity index (χ0n) is 23.2. The van der Waals surface area contributed by atoms with Gasteiger partial charge in [-0.2, -0.15) is 0 Å². The Bertz CT molecular complexity index is 1380. The second-order valence-corrected chi connectivity index (χ2v) is 14.9. The number of benzene rings is 2. The lowest BCUT2D eigenvalue weighted by atomic mass is 9.63. The quantitative estimate of drug-likeness (QED) is 0.267. The topological polar surface area (TPSA) is 113 Å². The summed E-state index contributed by atoms with van der Waals surface area (Å²) in [4.78, 5) is 25.7. The molecule has 2 aromatic carbocycles. The van der Waals surface area contributed by atoms with Crippen LogP contribution in [0.1, 0.15) is 87.8 Å². The molecule has 1 heterocycles. The Balaban J connectivity index is 1.61. The number of carbonyl (C=O) groups is 2. The number of carbonyl (C=O) groups excluding carboxylic acids is 1. The highest BCUT2D eigenvalue weighted by molar-refractivity contribution is 7.90. The van der Waals surface area contributed by atoms with E-state index in [2.05, 4.69) is 10.0 Å². The predicted octanol–water partition coefficient (Wildman–Crippen LogP) is 6.47. The van der Waals surface area contributed by atoms with E-state index >= 15 is 0 Å². The SMILES string of the molecule is CC[C@@]1(CC(=O)O)C[C@H](c2cccc(Cl)c2)[C@@H](C(C2CC2)[C@H](NS(=O)(=O)C2CCCC2)c2ccc(Cl)cc2)NC1=O. The molecule has 0 spiro atoms. The molecule has 5 rings (SSSR count). The maximum atomic E-state index is 13.8. The average molecular weight is 622 g/mol. The average Bonchev–Trinajstić information content (AvgIpc) is 3.59. The molecule has 3 N–H and O–H groups in total. The van der Waals surface area contributed by atoms with E-state index in [4.69, 9.17) is 23.2 Å². The van der Waals surface area contributed by atoms with Crippen molar-refractivity contribution in [2.75, 3.05) is 0 Å². The van der Waals surface area contributed by atoms with Crippen molar-refractivity contribution in [1.82, 2.24) is 10.0 Å². The minimum absolute atomic E-state index is 0.183. The van der Waals surface area contributed by atoms with Gasteiger partial charge in [-0.3, -0.25) is 9.59 Å². The number of carboxylic acids is 1. The van der Waals surface area contributed by atoms with Crippen LogP contribution in [0.15, 0.2) is 48.5 Å². The molecule has 222 valence electrons. The highest BCUT2D eigenvalue weighted by Crippen LogP contribution is 2.53. The monoisotopic (exact) mass is 620 g/mol. The van der Waals surface area contributed by atoms with Gasteiger partial charge >= 0.3 is 5.97 Å². The first-order chi connectivity index (χ1) is 19.5. The Hall–Kier alpha value is -2.13. The van der Waals surface area contributed by atoms with Crippen LogP contribution in [0.3, 0.4) is 0 Å². The van der Waals surface area contributed by atoms with Gasteiger partial charge in [-0.25, -0.2) is 13.1 Å². The molecule has 1 aliphatic heterocycles. The largest absolute Gasteiger partial charge is 0.481 e. The van der Waals surface area contributed by atoms with Crippen LogP contribution in [-0.2, 0) is 19.6 Å². The Morgan fingerprint density at radius 3 is 2.34 bits per heavy atom. The third-order valence-electron chi connectivity index (χ3n) is 9.49. The van der Waals surface area contributed by atoms with Crippen LogP contribution in [0.25, 0.3) is 0 Å². The second kappa shape index (κ2) is 12.2. The normalized spacial score (nSPS) is 26.9. The summed E-state index contributed by atoms with van der Waals surface area (Å²) in [6.07, 6.45) is 5.32. The number of piperidine rings is 1. The number of nitrogens with one attached hydrogen (secondary N) is 2. The van der Waals surface area contributed by atoms with Crippen molar-refractivity contribution >= 4 is 45.1 Å². The van der Waals surface area contributed by atoms with Gasteiger partial charge < -0.3 is 10.4 Å². The van der Waals surface area contributed by atoms with Gasteiger partial charge in [-0.15, -0.1) is 0 Å². The molecule has 2 aliphatic carbocycles. The first-order valence-corrected chi connectivity index (χ1v) is 16.9. The summed E-state index contributed by atoms with van der Waals surface area (Å²) in [6.45, 7) is 1.85. The summed E-state index contributed by atoms with van der Waals surface area (Å²) in [5.41, 5.74) is 0.623.